The summed E-state index contributed by atoms with van der Waals surface area (Å²) in [6.07, 6.45) is 5.59. The lowest BCUT2D eigenvalue weighted by Gasteiger charge is -2.30. The molecule has 0 aliphatic carbocycles. The van der Waals surface area contributed by atoms with Crippen molar-refractivity contribution in [3.8, 4) is 11.8 Å². The Morgan fingerprint density at radius 2 is 2.12 bits per heavy atom. The summed E-state index contributed by atoms with van der Waals surface area (Å²) in [5.74, 6) is 0.884. The average molecular weight is 339 g/mol. The molecule has 1 aromatic heterocycles. The zero-order chi connectivity index (χ0) is 17.6. The lowest BCUT2D eigenvalue weighted by molar-refractivity contribution is -0.134. The molecular weight excluding hydrogens is 318 g/mol. The molecule has 1 atom stereocenters. The molecule has 0 N–H and O–H groups in total. The third-order valence-electron chi connectivity index (χ3n) is 4.51. The van der Waals surface area contributed by atoms with E-state index in [1.807, 2.05) is 35.2 Å². The van der Waals surface area contributed by atoms with Crippen molar-refractivity contribution in [3.63, 3.8) is 0 Å². The molecule has 1 aromatic carbocycles. The summed E-state index contributed by atoms with van der Waals surface area (Å²) in [5.41, 5.74) is 1.12. The van der Waals surface area contributed by atoms with E-state index in [-0.39, 0.29) is 24.3 Å². The number of benzene rings is 1. The molecule has 2 heterocycles. The summed E-state index contributed by atoms with van der Waals surface area (Å²) in [4.78, 5) is 18.6. The van der Waals surface area contributed by atoms with Crippen molar-refractivity contribution in [1.82, 2.24) is 19.7 Å². The Balaban J connectivity index is 1.79. The van der Waals surface area contributed by atoms with Crippen molar-refractivity contribution < 1.29 is 9.53 Å². The number of methoxy groups -OCH3 is 1. The third-order valence-corrected chi connectivity index (χ3v) is 4.51. The Morgan fingerprint density at radius 3 is 2.80 bits per heavy atom. The number of aromatic nitrogens is 3. The topological polar surface area (TPSA) is 84.0 Å². The van der Waals surface area contributed by atoms with Gasteiger partial charge >= 0.3 is 0 Å². The van der Waals surface area contributed by atoms with Crippen LogP contribution in [0.1, 0.15) is 43.1 Å². The number of hydrogen-bond acceptors (Lipinski definition) is 5. The van der Waals surface area contributed by atoms with Crippen LogP contribution in [0, 0.1) is 11.3 Å². The minimum Gasteiger partial charge on any atom is -0.497 e. The summed E-state index contributed by atoms with van der Waals surface area (Å²) >= 11 is 0. The summed E-state index contributed by atoms with van der Waals surface area (Å²) < 4.78 is 6.65. The van der Waals surface area contributed by atoms with E-state index in [9.17, 15) is 4.79 Å². The molecule has 0 spiro atoms. The summed E-state index contributed by atoms with van der Waals surface area (Å²) in [6.45, 7) is 0.830. The Labute approximate surface area is 146 Å². The normalized spacial score (nSPS) is 17.6. The SMILES string of the molecule is COc1ccc([C@@H]2CCCCCN2C(=O)Cn2cnc(C#N)n2)cc1. The molecule has 1 aliphatic rings. The van der Waals surface area contributed by atoms with Gasteiger partial charge in [-0.2, -0.15) is 5.26 Å². The van der Waals surface area contributed by atoms with Crippen LogP contribution in [0.4, 0.5) is 0 Å². The van der Waals surface area contributed by atoms with Crippen LogP contribution in [0.15, 0.2) is 30.6 Å². The maximum absolute atomic E-state index is 12.9. The lowest BCUT2D eigenvalue weighted by Crippen LogP contribution is -2.37. The van der Waals surface area contributed by atoms with Crippen LogP contribution >= 0.6 is 0 Å². The molecule has 7 nitrogen and oxygen atoms in total. The van der Waals surface area contributed by atoms with Crippen LogP contribution in [0.5, 0.6) is 5.75 Å². The fourth-order valence-electron chi connectivity index (χ4n) is 3.23. The van der Waals surface area contributed by atoms with Crippen LogP contribution in [0.2, 0.25) is 0 Å². The van der Waals surface area contributed by atoms with Crippen molar-refractivity contribution in [2.45, 2.75) is 38.3 Å². The predicted molar refractivity (Wildman–Crippen MR) is 90.7 cm³/mol. The van der Waals surface area contributed by atoms with Gasteiger partial charge in [-0.05, 0) is 30.5 Å². The molecule has 0 saturated carbocycles. The molecule has 25 heavy (non-hydrogen) atoms. The van der Waals surface area contributed by atoms with Crippen molar-refractivity contribution in [2.24, 2.45) is 0 Å². The van der Waals surface area contributed by atoms with Gasteiger partial charge in [0.15, 0.2) is 0 Å². The number of nitrogens with zero attached hydrogens (tertiary/aromatic N) is 5. The smallest absolute Gasteiger partial charge is 0.252 e. The van der Waals surface area contributed by atoms with Gasteiger partial charge in [0.05, 0.1) is 13.2 Å². The highest BCUT2D eigenvalue weighted by molar-refractivity contribution is 5.76. The molecule has 130 valence electrons. The van der Waals surface area contributed by atoms with E-state index in [1.54, 1.807) is 7.11 Å². The van der Waals surface area contributed by atoms with Crippen LogP contribution in [0.25, 0.3) is 0 Å². The highest BCUT2D eigenvalue weighted by Gasteiger charge is 2.27. The minimum absolute atomic E-state index is 0.00268. The molecule has 1 aliphatic heterocycles. The monoisotopic (exact) mass is 339 g/mol. The van der Waals surface area contributed by atoms with Crippen molar-refractivity contribution in [1.29, 1.82) is 5.26 Å². The van der Waals surface area contributed by atoms with Gasteiger partial charge in [0, 0.05) is 6.54 Å². The molecule has 3 rings (SSSR count). The number of nitriles is 1. The molecule has 7 heteroatoms. The molecular formula is C18H21N5O2. The summed E-state index contributed by atoms with van der Waals surface area (Å²) in [7, 11) is 1.64. The van der Waals surface area contributed by atoms with Gasteiger partial charge in [-0.3, -0.25) is 4.79 Å². The largest absolute Gasteiger partial charge is 0.497 e. The van der Waals surface area contributed by atoms with Crippen LogP contribution in [-0.4, -0.2) is 39.2 Å². The van der Waals surface area contributed by atoms with E-state index in [0.29, 0.717) is 0 Å². The van der Waals surface area contributed by atoms with Crippen LogP contribution in [-0.2, 0) is 11.3 Å². The number of amides is 1. The highest BCUT2D eigenvalue weighted by atomic mass is 16.5. The van der Waals surface area contributed by atoms with Gasteiger partial charge in [-0.1, -0.05) is 25.0 Å². The first-order valence-corrected chi connectivity index (χ1v) is 8.44. The number of carbonyl (C=O) groups excluding carboxylic acids is 1. The van der Waals surface area contributed by atoms with Crippen LogP contribution in [0.3, 0.4) is 0 Å². The molecule has 1 fully saturated rings. The maximum atomic E-state index is 12.9. The van der Waals surface area contributed by atoms with Crippen molar-refractivity contribution in [2.75, 3.05) is 13.7 Å². The fourth-order valence-corrected chi connectivity index (χ4v) is 3.23. The zero-order valence-corrected chi connectivity index (χ0v) is 14.3. The third kappa shape index (κ3) is 3.97. The Hall–Kier alpha value is -2.88. The van der Waals surface area contributed by atoms with Gasteiger partial charge in [0.1, 0.15) is 24.7 Å². The van der Waals surface area contributed by atoms with E-state index < -0.39 is 0 Å². The molecule has 0 unspecified atom stereocenters. The van der Waals surface area contributed by atoms with Gasteiger partial charge in [-0.15, -0.1) is 5.10 Å². The molecule has 1 amide bonds. The number of rotatable bonds is 4. The summed E-state index contributed by atoms with van der Waals surface area (Å²) in [6, 6.07) is 9.84. The highest BCUT2D eigenvalue weighted by Crippen LogP contribution is 2.31. The quantitative estimate of drug-likeness (QED) is 0.853. The van der Waals surface area contributed by atoms with Gasteiger partial charge < -0.3 is 9.64 Å². The van der Waals surface area contributed by atoms with Gasteiger partial charge in [0.25, 0.3) is 5.82 Å². The van der Waals surface area contributed by atoms with E-state index in [2.05, 4.69) is 10.1 Å². The number of carbonyl (C=O) groups is 1. The predicted octanol–water partition coefficient (Wildman–Crippen LogP) is 2.30. The first-order valence-electron chi connectivity index (χ1n) is 8.44. The van der Waals surface area contributed by atoms with Crippen molar-refractivity contribution in [3.05, 3.63) is 42.0 Å². The zero-order valence-electron chi connectivity index (χ0n) is 14.3. The molecule has 2 aromatic rings. The van der Waals surface area contributed by atoms with Gasteiger partial charge in [-0.25, -0.2) is 9.67 Å². The van der Waals surface area contributed by atoms with E-state index in [0.717, 1.165) is 43.5 Å². The second-order valence-electron chi connectivity index (χ2n) is 6.10. The Morgan fingerprint density at radius 1 is 1.32 bits per heavy atom. The minimum atomic E-state index is -0.00268. The lowest BCUT2D eigenvalue weighted by atomic mass is 10.0. The van der Waals surface area contributed by atoms with Crippen LogP contribution < -0.4 is 4.74 Å². The maximum Gasteiger partial charge on any atom is 0.252 e. The molecule has 1 saturated heterocycles. The van der Waals surface area contributed by atoms with E-state index >= 15 is 0 Å². The standard InChI is InChI=1S/C18H21N5O2/c1-25-15-8-6-14(7-9-15)16-5-3-2-4-10-23(16)18(24)12-22-13-20-17(11-19)21-22/h6-9,13,16H,2-5,10,12H2,1H3/t16-/m0/s1. The summed E-state index contributed by atoms with van der Waals surface area (Å²) in [5, 5.41) is 12.8. The molecule has 0 bridgehead atoms. The Bertz CT molecular complexity index is 763. The number of hydrogen-bond donors (Lipinski definition) is 0. The number of ether oxygens (including phenoxy) is 1. The average Bonchev–Trinajstić information content (AvgIpc) is 2.95. The van der Waals surface area contributed by atoms with Gasteiger partial charge in [0.2, 0.25) is 5.91 Å². The second-order valence-corrected chi connectivity index (χ2v) is 6.10. The van der Waals surface area contributed by atoms with E-state index in [1.165, 1.54) is 11.0 Å². The van der Waals surface area contributed by atoms with E-state index in [4.69, 9.17) is 10.00 Å². The first-order chi connectivity index (χ1) is 12.2. The second kappa shape index (κ2) is 7.79. The fraction of sp³-hybridized carbons (Fsp3) is 0.444. The Kier molecular flexibility index (Phi) is 5.29. The molecule has 0 radical (unpaired) electrons. The first kappa shape index (κ1) is 17.0. The number of likely N-dealkylation sites (tertiary alicyclic amines) is 1. The van der Waals surface area contributed by atoms with Crippen molar-refractivity contribution >= 4 is 5.91 Å².